The maximum atomic E-state index is 12.9. The van der Waals surface area contributed by atoms with Gasteiger partial charge in [-0.25, -0.2) is 0 Å². The fourth-order valence-corrected chi connectivity index (χ4v) is 8.09. The van der Waals surface area contributed by atoms with Crippen LogP contribution in [0.25, 0.3) is 0 Å². The van der Waals surface area contributed by atoms with Gasteiger partial charge in [-0.2, -0.15) is 0 Å². The second-order valence-electron chi connectivity index (χ2n) is 14.9. The fraction of sp³-hybridized carbons (Fsp3) is 0.391. The largest absolute Gasteiger partial charge is 0.335 e. The van der Waals surface area contributed by atoms with Crippen molar-refractivity contribution < 1.29 is 29.0 Å². The molecule has 4 amide bonds. The zero-order valence-electron chi connectivity index (χ0n) is 31.6. The Kier molecular flexibility index (Phi) is 14.3. The molecule has 54 heavy (non-hydrogen) atoms. The Balaban J connectivity index is 0.947. The van der Waals surface area contributed by atoms with Gasteiger partial charge in [0, 0.05) is 38.8 Å². The van der Waals surface area contributed by atoms with Crippen molar-refractivity contribution in [1.29, 1.82) is 0 Å². The summed E-state index contributed by atoms with van der Waals surface area (Å²) in [5.74, 6) is -0.663. The zero-order valence-corrected chi connectivity index (χ0v) is 31.6. The molecule has 2 aliphatic heterocycles. The summed E-state index contributed by atoms with van der Waals surface area (Å²) in [6, 6.07) is 35.6. The minimum absolute atomic E-state index is 0.166. The van der Waals surface area contributed by atoms with E-state index in [-0.39, 0.29) is 23.6 Å². The van der Waals surface area contributed by atoms with Crippen LogP contribution in [-0.4, -0.2) is 85.8 Å². The molecule has 0 aliphatic carbocycles. The normalized spacial score (nSPS) is 14.8. The molecule has 2 aliphatic rings. The van der Waals surface area contributed by atoms with E-state index in [2.05, 4.69) is 60.7 Å². The predicted molar refractivity (Wildman–Crippen MR) is 212 cm³/mol. The first-order chi connectivity index (χ1) is 26.5. The van der Waals surface area contributed by atoms with Crippen LogP contribution in [0.5, 0.6) is 0 Å². The van der Waals surface area contributed by atoms with E-state index in [1.807, 2.05) is 24.3 Å². The predicted octanol–water partition coefficient (Wildman–Crippen LogP) is 4.95. The van der Waals surface area contributed by atoms with Crippen molar-refractivity contribution in [2.24, 2.45) is 0 Å². The van der Waals surface area contributed by atoms with Crippen molar-refractivity contribution in [2.45, 2.75) is 64.2 Å². The van der Waals surface area contributed by atoms with Gasteiger partial charge in [-0.1, -0.05) is 84.9 Å². The molecular weight excluding hydrogens is 673 g/mol. The van der Waals surface area contributed by atoms with Gasteiger partial charge in [0.15, 0.2) is 0 Å². The quantitative estimate of drug-likeness (QED) is 0.0837. The molecule has 4 aromatic rings. The monoisotopic (exact) mass is 728 g/mol. The Bertz CT molecular complexity index is 1640. The minimum Gasteiger partial charge on any atom is -0.335 e. The van der Waals surface area contributed by atoms with Gasteiger partial charge < -0.3 is 9.80 Å². The number of hydrogen-bond donors (Lipinski definition) is 2. The summed E-state index contributed by atoms with van der Waals surface area (Å²) in [4.78, 5) is 57.6. The molecule has 0 aromatic heterocycles. The van der Waals surface area contributed by atoms with Crippen LogP contribution in [0.4, 0.5) is 0 Å². The molecule has 2 atom stereocenters. The number of nitrogens with one attached hydrogen (secondary N) is 2. The maximum Gasteiger partial charge on any atom is 0.261 e. The van der Waals surface area contributed by atoms with Crippen LogP contribution >= 0.6 is 0 Å². The lowest BCUT2D eigenvalue weighted by Gasteiger charge is -2.22. The van der Waals surface area contributed by atoms with Gasteiger partial charge in [0.2, 0.25) is 0 Å². The van der Waals surface area contributed by atoms with Crippen LogP contribution in [0.1, 0.15) is 104 Å². The van der Waals surface area contributed by atoms with Gasteiger partial charge in [-0.05, 0) is 73.9 Å². The number of hydrogen-bond acceptors (Lipinski definition) is 4. The van der Waals surface area contributed by atoms with Gasteiger partial charge in [0.25, 0.3) is 23.6 Å². The van der Waals surface area contributed by atoms with Crippen molar-refractivity contribution in [3.8, 4) is 0 Å². The molecular formula is C46H56N4O4+2. The second kappa shape index (κ2) is 20.0. The Morgan fingerprint density at radius 3 is 0.981 bits per heavy atom. The summed E-state index contributed by atoms with van der Waals surface area (Å²) >= 11 is 0. The standard InChI is InChI=1S/C46H54N4O4/c51-43-39-25-9-10-26-40(39)44(52)49(43)35-17-33-47(31-15-23-37-19-5-3-6-20-37)29-13-1-2-14-30-48(32-16-24-38-21-7-4-8-22-38)34-18-36-50-45(53)41-27-11-12-28-42(41)46(50)54/h3-12,19-22,25-28H,1-2,13-18,23-24,29-36H2/p+2. The molecule has 6 rings (SSSR count). The third-order valence-corrected chi connectivity index (χ3v) is 11.1. The molecule has 0 fully saturated rings. The first-order valence-electron chi connectivity index (χ1n) is 20.1. The van der Waals surface area contributed by atoms with E-state index in [1.54, 1.807) is 34.1 Å². The third-order valence-electron chi connectivity index (χ3n) is 11.1. The molecule has 0 spiro atoms. The average Bonchev–Trinajstić information content (AvgIpc) is 3.59. The van der Waals surface area contributed by atoms with Crippen molar-refractivity contribution in [3.05, 3.63) is 143 Å². The lowest BCUT2D eigenvalue weighted by Crippen LogP contribution is -3.12. The molecule has 282 valence electrons. The molecule has 8 heteroatoms. The van der Waals surface area contributed by atoms with Gasteiger partial charge in [0.05, 0.1) is 61.5 Å². The van der Waals surface area contributed by atoms with Crippen molar-refractivity contribution >= 4 is 23.6 Å². The Morgan fingerprint density at radius 2 is 0.630 bits per heavy atom. The van der Waals surface area contributed by atoms with E-state index in [1.165, 1.54) is 33.8 Å². The highest BCUT2D eigenvalue weighted by molar-refractivity contribution is 6.22. The number of amides is 4. The van der Waals surface area contributed by atoms with E-state index in [0.29, 0.717) is 35.3 Å². The SMILES string of the molecule is O=C1c2ccccc2C(=O)N1CCC[NH+](CCCCCC[NH+](CCCc1ccccc1)CCCN1C(=O)c2ccccc2C1=O)CCCc1ccccc1. The molecule has 0 bridgehead atoms. The topological polar surface area (TPSA) is 83.6 Å². The van der Waals surface area contributed by atoms with Crippen LogP contribution < -0.4 is 9.80 Å². The van der Waals surface area contributed by atoms with Crippen LogP contribution in [0.15, 0.2) is 109 Å². The second-order valence-corrected chi connectivity index (χ2v) is 14.9. The number of aryl methyl sites for hydroxylation is 2. The summed E-state index contributed by atoms with van der Waals surface area (Å²) in [7, 11) is 0. The first kappa shape index (κ1) is 38.8. The summed E-state index contributed by atoms with van der Waals surface area (Å²) in [6.07, 6.45) is 10.6. The van der Waals surface area contributed by atoms with Crippen LogP contribution in [0.2, 0.25) is 0 Å². The Labute approximate surface area is 320 Å². The van der Waals surface area contributed by atoms with E-state index in [9.17, 15) is 19.2 Å². The molecule has 2 heterocycles. The Hall–Kier alpha value is -4.92. The lowest BCUT2D eigenvalue weighted by molar-refractivity contribution is -0.901. The minimum atomic E-state index is -0.166. The number of imide groups is 2. The molecule has 2 unspecified atom stereocenters. The van der Waals surface area contributed by atoms with Crippen LogP contribution in [0, 0.1) is 0 Å². The van der Waals surface area contributed by atoms with E-state index >= 15 is 0 Å². The summed E-state index contributed by atoms with van der Waals surface area (Å²) in [5.41, 5.74) is 4.82. The van der Waals surface area contributed by atoms with Gasteiger partial charge >= 0.3 is 0 Å². The molecule has 8 nitrogen and oxygen atoms in total. The van der Waals surface area contributed by atoms with Gasteiger partial charge in [0.1, 0.15) is 0 Å². The van der Waals surface area contributed by atoms with Crippen LogP contribution in [-0.2, 0) is 12.8 Å². The van der Waals surface area contributed by atoms with Crippen molar-refractivity contribution in [2.75, 3.05) is 52.4 Å². The number of carbonyl (C=O) groups excluding carboxylic acids is 4. The van der Waals surface area contributed by atoms with Crippen LogP contribution in [0.3, 0.4) is 0 Å². The maximum absolute atomic E-state index is 12.9. The van der Waals surface area contributed by atoms with Gasteiger partial charge in [-0.15, -0.1) is 0 Å². The molecule has 0 radical (unpaired) electrons. The zero-order chi connectivity index (χ0) is 37.5. The van der Waals surface area contributed by atoms with Crippen molar-refractivity contribution in [1.82, 2.24) is 9.80 Å². The number of unbranched alkanes of at least 4 members (excludes halogenated alkanes) is 3. The number of fused-ring (bicyclic) bond motifs is 2. The van der Waals surface area contributed by atoms with E-state index in [0.717, 1.165) is 90.6 Å². The molecule has 2 N–H and O–H groups in total. The smallest absolute Gasteiger partial charge is 0.261 e. The highest BCUT2D eigenvalue weighted by Crippen LogP contribution is 2.23. The summed E-state index contributed by atoms with van der Waals surface area (Å²) < 4.78 is 0. The average molecular weight is 729 g/mol. The third kappa shape index (κ3) is 10.4. The molecule has 0 saturated heterocycles. The lowest BCUT2D eigenvalue weighted by atomic mass is 10.1. The number of quaternary nitrogens is 2. The summed E-state index contributed by atoms with van der Waals surface area (Å²) in [6.45, 7) is 7.13. The summed E-state index contributed by atoms with van der Waals surface area (Å²) in [5, 5.41) is 0. The first-order valence-corrected chi connectivity index (χ1v) is 20.1. The number of nitrogens with zero attached hydrogens (tertiary/aromatic N) is 2. The number of benzene rings is 4. The number of rotatable bonds is 23. The van der Waals surface area contributed by atoms with Crippen molar-refractivity contribution in [3.63, 3.8) is 0 Å². The number of carbonyl (C=O) groups is 4. The molecule has 4 aromatic carbocycles. The molecule has 0 saturated carbocycles. The van der Waals surface area contributed by atoms with E-state index in [4.69, 9.17) is 0 Å². The Morgan fingerprint density at radius 1 is 0.333 bits per heavy atom. The fourth-order valence-electron chi connectivity index (χ4n) is 8.09. The van der Waals surface area contributed by atoms with E-state index < -0.39 is 0 Å². The van der Waals surface area contributed by atoms with Gasteiger partial charge in [-0.3, -0.25) is 29.0 Å². The highest BCUT2D eigenvalue weighted by Gasteiger charge is 2.36. The highest BCUT2D eigenvalue weighted by atomic mass is 16.2.